The number of piperidine rings is 1. The number of likely N-dealkylation sites (tertiary alicyclic amines) is 1. The second-order valence-electron chi connectivity index (χ2n) is 8.30. The van der Waals surface area contributed by atoms with Gasteiger partial charge in [0.2, 0.25) is 0 Å². The topological polar surface area (TPSA) is 72.8 Å². The lowest BCUT2D eigenvalue weighted by atomic mass is 10.0. The van der Waals surface area contributed by atoms with Crippen LogP contribution in [0.4, 0.5) is 10.5 Å². The molecule has 0 aliphatic carbocycles. The third-order valence-electron chi connectivity index (χ3n) is 4.93. The Morgan fingerprint density at radius 1 is 1.17 bits per heavy atom. The van der Waals surface area contributed by atoms with E-state index in [1.165, 1.54) is 0 Å². The molecule has 0 spiro atoms. The Morgan fingerprint density at radius 2 is 1.87 bits per heavy atom. The summed E-state index contributed by atoms with van der Waals surface area (Å²) in [5.41, 5.74) is 0.653. The van der Waals surface area contributed by atoms with Gasteiger partial charge in [0.25, 0.3) is 5.91 Å². The Labute approximate surface area is 181 Å². The summed E-state index contributed by atoms with van der Waals surface area (Å²) in [4.78, 5) is 26.8. The van der Waals surface area contributed by atoms with E-state index in [1.54, 1.807) is 36.3 Å². The highest BCUT2D eigenvalue weighted by molar-refractivity contribution is 6.32. The molecule has 1 fully saturated rings. The Hall–Kier alpha value is -2.67. The number of nitrogens with one attached hydrogen (secondary N) is 1. The summed E-state index contributed by atoms with van der Waals surface area (Å²) in [6.45, 7) is 6.76. The van der Waals surface area contributed by atoms with Crippen molar-refractivity contribution in [2.75, 3.05) is 25.5 Å². The third-order valence-corrected chi connectivity index (χ3v) is 5.23. The van der Waals surface area contributed by atoms with Gasteiger partial charge in [-0.15, -0.1) is 0 Å². The minimum absolute atomic E-state index is 0.138. The highest BCUT2D eigenvalue weighted by atomic mass is 35.5. The van der Waals surface area contributed by atoms with Crippen molar-refractivity contribution in [3.8, 4) is 5.75 Å². The van der Waals surface area contributed by atoms with Crippen LogP contribution in [-0.4, -0.2) is 47.3 Å². The van der Waals surface area contributed by atoms with Crippen molar-refractivity contribution in [3.05, 3.63) is 47.2 Å². The van der Waals surface area contributed by atoms with Gasteiger partial charge in [-0.05, 0) is 63.9 Å². The van der Waals surface area contributed by atoms with Gasteiger partial charge in [-0.25, -0.2) is 4.79 Å². The van der Waals surface area contributed by atoms with Crippen molar-refractivity contribution in [2.24, 2.45) is 0 Å². The molecule has 0 bridgehead atoms. The number of halogens is 1. The molecular weight excluding hydrogens is 406 g/mol. The lowest BCUT2D eigenvalue weighted by Crippen LogP contribution is -2.42. The van der Waals surface area contributed by atoms with Gasteiger partial charge in [-0.1, -0.05) is 11.6 Å². The molecule has 1 aromatic carbocycles. The monoisotopic (exact) mass is 433 g/mol. The molecule has 0 atom stereocenters. The van der Waals surface area contributed by atoms with Crippen LogP contribution >= 0.6 is 11.6 Å². The first kappa shape index (κ1) is 22.0. The zero-order chi connectivity index (χ0) is 21.9. The number of ether oxygens (including phenoxy) is 2. The number of carbonyl (C=O) groups excluding carboxylic acids is 2. The summed E-state index contributed by atoms with van der Waals surface area (Å²) >= 11 is 6.15. The number of aromatic nitrogens is 1. The van der Waals surface area contributed by atoms with Crippen molar-refractivity contribution in [1.82, 2.24) is 9.47 Å². The molecule has 162 valence electrons. The number of amides is 2. The molecule has 1 aromatic heterocycles. The van der Waals surface area contributed by atoms with E-state index in [9.17, 15) is 9.59 Å². The van der Waals surface area contributed by atoms with Crippen LogP contribution in [0.2, 0.25) is 5.02 Å². The minimum Gasteiger partial charge on any atom is -0.495 e. The maximum Gasteiger partial charge on any atom is 0.410 e. The third kappa shape index (κ3) is 5.27. The average molecular weight is 434 g/mol. The fourth-order valence-corrected chi connectivity index (χ4v) is 3.75. The SMILES string of the molecule is COc1ccc(NC(=O)c2cccn2C2CCN(C(=O)OC(C)(C)C)CC2)cc1Cl. The van der Waals surface area contributed by atoms with Crippen LogP contribution in [0.3, 0.4) is 0 Å². The predicted octanol–water partition coefficient (Wildman–Crippen LogP) is 4.97. The van der Waals surface area contributed by atoms with Crippen molar-refractivity contribution in [1.29, 1.82) is 0 Å². The maximum absolute atomic E-state index is 12.8. The van der Waals surface area contributed by atoms with Gasteiger partial charge >= 0.3 is 6.09 Å². The molecule has 1 saturated heterocycles. The van der Waals surface area contributed by atoms with E-state index in [4.69, 9.17) is 21.1 Å². The van der Waals surface area contributed by atoms with E-state index < -0.39 is 5.60 Å². The molecule has 3 rings (SSSR count). The van der Waals surface area contributed by atoms with Gasteiger partial charge in [0.05, 0.1) is 12.1 Å². The molecule has 1 aliphatic rings. The number of benzene rings is 1. The maximum atomic E-state index is 12.8. The molecule has 30 heavy (non-hydrogen) atoms. The molecule has 0 saturated carbocycles. The van der Waals surface area contributed by atoms with Crippen LogP contribution in [0.25, 0.3) is 0 Å². The molecule has 2 amide bonds. The van der Waals surface area contributed by atoms with E-state index in [0.717, 1.165) is 12.8 Å². The van der Waals surface area contributed by atoms with E-state index in [-0.39, 0.29) is 18.0 Å². The highest BCUT2D eigenvalue weighted by Gasteiger charge is 2.28. The van der Waals surface area contributed by atoms with E-state index in [2.05, 4.69) is 5.32 Å². The predicted molar refractivity (Wildman–Crippen MR) is 116 cm³/mol. The molecule has 7 nitrogen and oxygen atoms in total. The Bertz CT molecular complexity index is 911. The minimum atomic E-state index is -0.510. The first-order chi connectivity index (χ1) is 14.2. The lowest BCUT2D eigenvalue weighted by Gasteiger charge is -2.34. The van der Waals surface area contributed by atoms with Gasteiger partial charge in [0, 0.05) is 31.0 Å². The summed E-state index contributed by atoms with van der Waals surface area (Å²) < 4.78 is 12.6. The van der Waals surface area contributed by atoms with Gasteiger partial charge in [-0.2, -0.15) is 0 Å². The standard InChI is InChI=1S/C22H28ClN3O4/c1-22(2,3)30-21(28)25-12-9-16(10-13-25)26-11-5-6-18(26)20(27)24-15-7-8-19(29-4)17(23)14-15/h5-8,11,14,16H,9-10,12-13H2,1-4H3,(H,24,27). The van der Waals surface area contributed by atoms with Gasteiger partial charge in [-0.3, -0.25) is 4.79 Å². The molecule has 8 heteroatoms. The van der Waals surface area contributed by atoms with Crippen LogP contribution in [0.5, 0.6) is 5.75 Å². The quantitative estimate of drug-likeness (QED) is 0.738. The molecule has 0 radical (unpaired) electrons. The largest absolute Gasteiger partial charge is 0.495 e. The zero-order valence-electron chi connectivity index (χ0n) is 17.8. The van der Waals surface area contributed by atoms with E-state index in [0.29, 0.717) is 35.2 Å². The number of carbonyl (C=O) groups is 2. The first-order valence-electron chi connectivity index (χ1n) is 9.97. The molecule has 0 unspecified atom stereocenters. The second-order valence-corrected chi connectivity index (χ2v) is 8.71. The number of anilines is 1. The summed E-state index contributed by atoms with van der Waals surface area (Å²) in [5, 5.41) is 3.32. The Morgan fingerprint density at radius 3 is 2.47 bits per heavy atom. The summed E-state index contributed by atoms with van der Waals surface area (Å²) in [6, 6.07) is 8.90. The summed E-state index contributed by atoms with van der Waals surface area (Å²) in [6.07, 6.45) is 3.12. The van der Waals surface area contributed by atoms with E-state index in [1.807, 2.05) is 37.6 Å². The molecule has 1 N–H and O–H groups in total. The Balaban J connectivity index is 1.64. The average Bonchev–Trinajstić information content (AvgIpc) is 3.17. The van der Waals surface area contributed by atoms with Crippen molar-refractivity contribution in [3.63, 3.8) is 0 Å². The summed E-state index contributed by atoms with van der Waals surface area (Å²) in [7, 11) is 1.54. The van der Waals surface area contributed by atoms with Gasteiger partial charge in [0.1, 0.15) is 17.0 Å². The molecule has 1 aliphatic heterocycles. The second kappa shape index (κ2) is 9.00. The number of hydrogen-bond donors (Lipinski definition) is 1. The van der Waals surface area contributed by atoms with Crippen LogP contribution in [0.15, 0.2) is 36.5 Å². The van der Waals surface area contributed by atoms with E-state index >= 15 is 0 Å². The number of hydrogen-bond acceptors (Lipinski definition) is 4. The zero-order valence-corrected chi connectivity index (χ0v) is 18.5. The lowest BCUT2D eigenvalue weighted by molar-refractivity contribution is 0.0187. The van der Waals surface area contributed by atoms with Crippen molar-refractivity contribution < 1.29 is 19.1 Å². The van der Waals surface area contributed by atoms with Crippen molar-refractivity contribution in [2.45, 2.75) is 45.3 Å². The van der Waals surface area contributed by atoms with Crippen molar-refractivity contribution >= 4 is 29.3 Å². The Kier molecular flexibility index (Phi) is 6.61. The first-order valence-corrected chi connectivity index (χ1v) is 10.4. The smallest absolute Gasteiger partial charge is 0.410 e. The fourth-order valence-electron chi connectivity index (χ4n) is 3.50. The van der Waals surface area contributed by atoms with Crippen LogP contribution < -0.4 is 10.1 Å². The fraction of sp³-hybridized carbons (Fsp3) is 0.455. The molecular formula is C22H28ClN3O4. The van der Waals surface area contributed by atoms with Gasteiger partial charge in [0.15, 0.2) is 0 Å². The number of rotatable bonds is 4. The normalized spacial score (nSPS) is 15.0. The van der Waals surface area contributed by atoms with Crippen LogP contribution in [0, 0.1) is 0 Å². The van der Waals surface area contributed by atoms with Crippen LogP contribution in [-0.2, 0) is 4.74 Å². The van der Waals surface area contributed by atoms with Crippen LogP contribution in [0.1, 0.15) is 50.1 Å². The molecule has 2 heterocycles. The molecule has 2 aromatic rings. The summed E-state index contributed by atoms with van der Waals surface area (Å²) in [5.74, 6) is 0.339. The number of nitrogens with zero attached hydrogens (tertiary/aromatic N) is 2. The number of methoxy groups -OCH3 is 1. The van der Waals surface area contributed by atoms with Gasteiger partial charge < -0.3 is 24.3 Å². The highest BCUT2D eigenvalue weighted by Crippen LogP contribution is 2.29.